The van der Waals surface area contributed by atoms with E-state index >= 15 is 0 Å². The summed E-state index contributed by atoms with van der Waals surface area (Å²) in [6.07, 6.45) is 4.38. The molecule has 17 heteroatoms. The van der Waals surface area contributed by atoms with Gasteiger partial charge in [-0.25, -0.2) is 14.3 Å². The van der Waals surface area contributed by atoms with Gasteiger partial charge in [-0.2, -0.15) is 20.6 Å². The van der Waals surface area contributed by atoms with Crippen LogP contribution in [0.25, 0.3) is 11.3 Å². The maximum absolute atomic E-state index is 14.4. The number of halogens is 3. The summed E-state index contributed by atoms with van der Waals surface area (Å²) in [5.74, 6) is -2.84. The molecule has 5 aromatic rings. The Hall–Kier alpha value is -5.69. The molecule has 3 aromatic heterocycles. The van der Waals surface area contributed by atoms with Gasteiger partial charge in [0.15, 0.2) is 5.82 Å². The third-order valence-electron chi connectivity index (χ3n) is 9.30. The van der Waals surface area contributed by atoms with Crippen molar-refractivity contribution >= 4 is 52.6 Å². The van der Waals surface area contributed by atoms with E-state index in [2.05, 4.69) is 42.1 Å². The molecule has 2 aliphatic rings. The molecule has 1 saturated carbocycles. The maximum atomic E-state index is 14.4. The molecule has 0 unspecified atom stereocenters. The van der Waals surface area contributed by atoms with Gasteiger partial charge < -0.3 is 15.7 Å². The highest BCUT2D eigenvalue weighted by Gasteiger charge is 2.52. The largest absolute Gasteiger partial charge is 0.391 e. The molecular formula is C35H29Cl2FN10O4. The number of rotatable bonds is 10. The number of aromatic amines is 1. The lowest BCUT2D eigenvalue weighted by Crippen LogP contribution is -2.55. The number of H-pyrrole nitrogens is 1. The van der Waals surface area contributed by atoms with Crippen molar-refractivity contribution in [2.24, 2.45) is 0 Å². The van der Waals surface area contributed by atoms with Gasteiger partial charge in [-0.1, -0.05) is 35.3 Å². The van der Waals surface area contributed by atoms with E-state index in [1.54, 1.807) is 55.7 Å². The summed E-state index contributed by atoms with van der Waals surface area (Å²) in [4.78, 5) is 47.7. The summed E-state index contributed by atoms with van der Waals surface area (Å²) in [6, 6.07) is 13.2. The molecule has 1 aliphatic carbocycles. The first-order chi connectivity index (χ1) is 24.8. The van der Waals surface area contributed by atoms with Crippen LogP contribution in [0.2, 0.25) is 10.0 Å². The molecular weight excluding hydrogens is 714 g/mol. The number of amides is 3. The van der Waals surface area contributed by atoms with Crippen molar-refractivity contribution in [3.05, 3.63) is 105 Å². The Balaban J connectivity index is 1.19. The smallest absolute Gasteiger partial charge is 0.270 e. The third-order valence-corrected chi connectivity index (χ3v) is 9.85. The Labute approximate surface area is 305 Å². The average Bonchev–Trinajstić information content (AvgIpc) is 3.43. The number of carbonyl (C=O) groups is 3. The predicted octanol–water partition coefficient (Wildman–Crippen LogP) is 4.30. The zero-order valence-corrected chi connectivity index (χ0v) is 29.1. The lowest BCUT2D eigenvalue weighted by molar-refractivity contribution is -0.126. The molecule has 14 nitrogen and oxygen atoms in total. The van der Waals surface area contributed by atoms with E-state index in [1.807, 2.05) is 0 Å². The summed E-state index contributed by atoms with van der Waals surface area (Å²) < 4.78 is 15.8. The summed E-state index contributed by atoms with van der Waals surface area (Å²) in [7, 11) is 0. The minimum absolute atomic E-state index is 0.0115. The highest BCUT2D eigenvalue weighted by Crippen LogP contribution is 2.46. The number of hydrogen-bond donors (Lipinski definition) is 4. The van der Waals surface area contributed by atoms with Crippen LogP contribution >= 0.6 is 23.2 Å². The van der Waals surface area contributed by atoms with Gasteiger partial charge in [0, 0.05) is 18.2 Å². The van der Waals surface area contributed by atoms with Gasteiger partial charge >= 0.3 is 0 Å². The number of nitriles is 1. The number of fused-ring (bicyclic) bond motifs is 1. The van der Waals surface area contributed by atoms with Crippen molar-refractivity contribution in [2.45, 2.75) is 56.3 Å². The van der Waals surface area contributed by atoms with E-state index < -0.39 is 46.8 Å². The van der Waals surface area contributed by atoms with Crippen LogP contribution < -0.4 is 15.5 Å². The van der Waals surface area contributed by atoms with Crippen molar-refractivity contribution in [1.29, 1.82) is 5.26 Å². The second kappa shape index (κ2) is 13.1. The Bertz CT molecular complexity index is 2230. The van der Waals surface area contributed by atoms with Gasteiger partial charge in [0.25, 0.3) is 11.8 Å². The van der Waals surface area contributed by atoms with Crippen LogP contribution in [0.15, 0.2) is 67.1 Å². The number of hydrogen-bond acceptors (Lipinski definition) is 9. The molecule has 4 heterocycles. The van der Waals surface area contributed by atoms with Gasteiger partial charge in [0.2, 0.25) is 11.9 Å². The molecule has 4 N–H and O–H groups in total. The van der Waals surface area contributed by atoms with E-state index in [0.29, 0.717) is 35.4 Å². The molecule has 0 radical (unpaired) electrons. The highest BCUT2D eigenvalue weighted by molar-refractivity contribution is 6.35. The summed E-state index contributed by atoms with van der Waals surface area (Å²) in [5.41, 5.74) is 0.629. The van der Waals surface area contributed by atoms with Crippen molar-refractivity contribution in [1.82, 2.24) is 40.6 Å². The first kappa shape index (κ1) is 34.7. The molecule has 0 saturated heterocycles. The molecule has 1 fully saturated rings. The van der Waals surface area contributed by atoms with E-state index in [4.69, 9.17) is 23.2 Å². The van der Waals surface area contributed by atoms with Gasteiger partial charge in [-0.3, -0.25) is 24.0 Å². The Morgan fingerprint density at radius 1 is 1.12 bits per heavy atom. The quantitative estimate of drug-likeness (QED) is 0.151. The molecule has 7 rings (SSSR count). The van der Waals surface area contributed by atoms with Crippen LogP contribution in [0.5, 0.6) is 0 Å². The van der Waals surface area contributed by atoms with Gasteiger partial charge in [0.05, 0.1) is 62.8 Å². The summed E-state index contributed by atoms with van der Waals surface area (Å²) in [6.45, 7) is 2.98. The Kier molecular flexibility index (Phi) is 8.77. The van der Waals surface area contributed by atoms with Crippen molar-refractivity contribution in [3.63, 3.8) is 0 Å². The van der Waals surface area contributed by atoms with Crippen LogP contribution in [0, 0.1) is 17.1 Å². The van der Waals surface area contributed by atoms with Crippen LogP contribution in [0.4, 0.5) is 16.0 Å². The topological polar surface area (TPSA) is 195 Å². The standard InChI is InChI=1S/C35H29Cl2FN10O4/c1-18(49)29(31(51)44-35(9-10-35)27-8-7-25(45-46-27)21-15-41-42-16-21)43-30(50)26-17-40-33-47(22-11-23(36)28(38)24(37)12-22)32(52)34(2,48(26)33)13-19-3-5-20(14-39)6-4-19/h3-8,11-12,15-18,29,49H,9-10,13H2,1-2H3,(H,41,42)(H,43,50)(H,44,51)/t18-,29+,34-/m1/s1. The molecule has 1 aliphatic heterocycles. The highest BCUT2D eigenvalue weighted by atomic mass is 35.5. The number of carbonyl (C=O) groups excluding carboxylic acids is 3. The Morgan fingerprint density at radius 3 is 2.40 bits per heavy atom. The summed E-state index contributed by atoms with van der Waals surface area (Å²) >= 11 is 12.2. The fraction of sp³-hybridized carbons (Fsp3) is 0.257. The molecule has 2 aromatic carbocycles. The van der Waals surface area contributed by atoms with Gasteiger partial charge in [-0.05, 0) is 68.7 Å². The van der Waals surface area contributed by atoms with Crippen LogP contribution in [0.1, 0.15) is 54.0 Å². The summed E-state index contributed by atoms with van der Waals surface area (Å²) in [5, 5.41) is 40.1. The second-order valence-corrected chi connectivity index (χ2v) is 13.8. The first-order valence-corrected chi connectivity index (χ1v) is 16.8. The normalized spacial score (nSPS) is 18.3. The molecule has 264 valence electrons. The monoisotopic (exact) mass is 742 g/mol. The number of imidazole rings is 1. The van der Waals surface area contributed by atoms with E-state index in [1.165, 1.54) is 34.7 Å². The van der Waals surface area contributed by atoms with Crippen LogP contribution in [-0.4, -0.2) is 64.9 Å². The minimum atomic E-state index is -1.50. The predicted molar refractivity (Wildman–Crippen MR) is 186 cm³/mol. The maximum Gasteiger partial charge on any atom is 0.270 e. The second-order valence-electron chi connectivity index (χ2n) is 13.0. The number of anilines is 2. The lowest BCUT2D eigenvalue weighted by atomic mass is 9.91. The van der Waals surface area contributed by atoms with E-state index in [9.17, 15) is 29.1 Å². The fourth-order valence-electron chi connectivity index (χ4n) is 6.36. The lowest BCUT2D eigenvalue weighted by Gasteiger charge is -2.28. The zero-order valence-electron chi connectivity index (χ0n) is 27.6. The van der Waals surface area contributed by atoms with Crippen molar-refractivity contribution in [2.75, 3.05) is 4.90 Å². The minimum Gasteiger partial charge on any atom is -0.391 e. The van der Waals surface area contributed by atoms with E-state index in [0.717, 1.165) is 5.56 Å². The number of aliphatic hydroxyl groups is 1. The zero-order chi connectivity index (χ0) is 36.9. The molecule has 0 bridgehead atoms. The molecule has 52 heavy (non-hydrogen) atoms. The third kappa shape index (κ3) is 6.04. The number of nitrogens with zero attached hydrogens (tertiary/aromatic N) is 7. The van der Waals surface area contributed by atoms with Crippen molar-refractivity contribution in [3.8, 4) is 17.3 Å². The van der Waals surface area contributed by atoms with Gasteiger partial charge in [-0.15, -0.1) is 0 Å². The number of benzene rings is 2. The Morgan fingerprint density at radius 2 is 1.83 bits per heavy atom. The average molecular weight is 744 g/mol. The molecule has 3 atom stereocenters. The fourth-order valence-corrected chi connectivity index (χ4v) is 6.84. The molecule has 3 amide bonds. The first-order valence-electron chi connectivity index (χ1n) is 16.1. The SMILES string of the molecule is C[C@@H](O)[C@H](NC(=O)c1cnc2n1[C@](C)(Cc1ccc(C#N)cc1)C(=O)N2c1cc(Cl)c(F)c(Cl)c1)C(=O)NC1(c2ccc(-c3cn[nH]c3)nn2)CC1. The molecule has 0 spiro atoms. The van der Waals surface area contributed by atoms with Crippen LogP contribution in [-0.2, 0) is 27.1 Å². The number of aromatic nitrogens is 6. The number of nitrogens with one attached hydrogen (secondary N) is 3. The van der Waals surface area contributed by atoms with E-state index in [-0.39, 0.29) is 33.8 Å². The van der Waals surface area contributed by atoms with Crippen LogP contribution in [0.3, 0.4) is 0 Å². The number of aliphatic hydroxyl groups excluding tert-OH is 1. The van der Waals surface area contributed by atoms with Crippen molar-refractivity contribution < 1.29 is 23.9 Å². The van der Waals surface area contributed by atoms with Gasteiger partial charge in [0.1, 0.15) is 17.3 Å².